The fourth-order valence-corrected chi connectivity index (χ4v) is 2.78. The fraction of sp³-hybridized carbons (Fsp3) is 0.368. The Kier molecular flexibility index (Phi) is 5.69. The van der Waals surface area contributed by atoms with Crippen LogP contribution in [0.4, 0.5) is 0 Å². The second-order valence-corrected chi connectivity index (χ2v) is 6.11. The minimum absolute atomic E-state index is 0.180. The van der Waals surface area contributed by atoms with E-state index in [4.69, 9.17) is 16.3 Å². The van der Waals surface area contributed by atoms with Crippen molar-refractivity contribution in [2.75, 3.05) is 6.61 Å². The summed E-state index contributed by atoms with van der Waals surface area (Å²) >= 11 is 6.65. The van der Waals surface area contributed by atoms with Gasteiger partial charge in [0.1, 0.15) is 5.75 Å². The zero-order valence-electron chi connectivity index (χ0n) is 13.0. The quantitative estimate of drug-likeness (QED) is 0.630. The van der Waals surface area contributed by atoms with Crippen molar-refractivity contribution >= 4 is 11.6 Å². The second-order valence-electron chi connectivity index (χ2n) is 5.67. The molecule has 0 saturated heterocycles. The number of alkyl halides is 1. The van der Waals surface area contributed by atoms with Gasteiger partial charge in [0.2, 0.25) is 0 Å². The first-order valence-electron chi connectivity index (χ1n) is 7.56. The van der Waals surface area contributed by atoms with Gasteiger partial charge in [-0.15, -0.1) is 11.6 Å². The number of benzene rings is 2. The molecule has 0 fully saturated rings. The Hall–Kier alpha value is -1.47. The number of halogens is 1. The number of rotatable bonds is 6. The topological polar surface area (TPSA) is 9.23 Å². The van der Waals surface area contributed by atoms with Crippen molar-refractivity contribution in [3.63, 3.8) is 0 Å². The van der Waals surface area contributed by atoms with Crippen LogP contribution in [0, 0.1) is 5.92 Å². The molecule has 21 heavy (non-hydrogen) atoms. The van der Waals surface area contributed by atoms with Crippen molar-refractivity contribution < 1.29 is 4.74 Å². The number of para-hydroxylation sites is 1. The van der Waals surface area contributed by atoms with E-state index in [9.17, 15) is 0 Å². The van der Waals surface area contributed by atoms with Crippen LogP contribution in [0.2, 0.25) is 0 Å². The third kappa shape index (κ3) is 4.25. The zero-order valence-corrected chi connectivity index (χ0v) is 13.7. The van der Waals surface area contributed by atoms with Crippen LogP contribution >= 0.6 is 11.6 Å². The van der Waals surface area contributed by atoms with Gasteiger partial charge in [-0.3, -0.25) is 0 Å². The van der Waals surface area contributed by atoms with E-state index in [0.717, 1.165) is 23.3 Å². The van der Waals surface area contributed by atoms with Crippen LogP contribution in [0.25, 0.3) is 0 Å². The molecule has 2 heteroatoms. The molecule has 2 rings (SSSR count). The van der Waals surface area contributed by atoms with Crippen LogP contribution in [0.15, 0.2) is 48.5 Å². The maximum Gasteiger partial charge on any atom is 0.124 e. The summed E-state index contributed by atoms with van der Waals surface area (Å²) in [5.74, 6) is 1.53. The van der Waals surface area contributed by atoms with E-state index in [1.54, 1.807) is 0 Å². The fourth-order valence-electron chi connectivity index (χ4n) is 2.45. The Morgan fingerprint density at radius 3 is 2.29 bits per heavy atom. The molecular weight excluding hydrogens is 280 g/mol. The maximum absolute atomic E-state index is 6.65. The Balaban J connectivity index is 2.21. The first-order valence-corrected chi connectivity index (χ1v) is 8.00. The van der Waals surface area contributed by atoms with Gasteiger partial charge in [-0.2, -0.15) is 0 Å². The number of ether oxygens (including phenoxy) is 1. The predicted molar refractivity (Wildman–Crippen MR) is 90.3 cm³/mol. The highest BCUT2D eigenvalue weighted by Gasteiger charge is 2.15. The van der Waals surface area contributed by atoms with Crippen molar-refractivity contribution in [3.8, 4) is 5.75 Å². The average molecular weight is 303 g/mol. The highest BCUT2D eigenvalue weighted by Crippen LogP contribution is 2.35. The molecule has 0 aliphatic rings. The molecule has 0 radical (unpaired) electrons. The van der Waals surface area contributed by atoms with E-state index in [-0.39, 0.29) is 5.38 Å². The maximum atomic E-state index is 6.65. The zero-order chi connectivity index (χ0) is 15.2. The van der Waals surface area contributed by atoms with Gasteiger partial charge in [0.15, 0.2) is 0 Å². The average Bonchev–Trinajstić information content (AvgIpc) is 2.48. The van der Waals surface area contributed by atoms with Crippen LogP contribution in [0.5, 0.6) is 5.75 Å². The van der Waals surface area contributed by atoms with Crippen LogP contribution < -0.4 is 4.74 Å². The molecule has 0 bridgehead atoms. The Morgan fingerprint density at radius 1 is 1.00 bits per heavy atom. The summed E-state index contributed by atoms with van der Waals surface area (Å²) in [4.78, 5) is 0. The molecule has 1 unspecified atom stereocenters. The van der Waals surface area contributed by atoms with Gasteiger partial charge in [0.25, 0.3) is 0 Å². The van der Waals surface area contributed by atoms with Crippen LogP contribution in [0.3, 0.4) is 0 Å². The second kappa shape index (κ2) is 7.51. The minimum atomic E-state index is -0.180. The smallest absolute Gasteiger partial charge is 0.124 e. The van der Waals surface area contributed by atoms with E-state index in [2.05, 4.69) is 38.1 Å². The molecule has 0 aliphatic carbocycles. The number of hydrogen-bond donors (Lipinski definition) is 0. The van der Waals surface area contributed by atoms with E-state index >= 15 is 0 Å². The van der Waals surface area contributed by atoms with Crippen molar-refractivity contribution in [2.24, 2.45) is 5.92 Å². The predicted octanol–water partition coefficient (Wildman–Crippen LogP) is 5.61. The van der Waals surface area contributed by atoms with Crippen molar-refractivity contribution in [1.82, 2.24) is 0 Å². The van der Waals surface area contributed by atoms with E-state index in [1.165, 1.54) is 5.56 Å². The van der Waals surface area contributed by atoms with Gasteiger partial charge in [-0.1, -0.05) is 56.3 Å². The SMILES string of the molecule is CCOc1ccccc1C(Cl)c1ccc(CC(C)C)cc1. The summed E-state index contributed by atoms with van der Waals surface area (Å²) in [6.45, 7) is 7.10. The molecule has 0 aliphatic heterocycles. The molecule has 1 atom stereocenters. The summed E-state index contributed by atoms with van der Waals surface area (Å²) in [6, 6.07) is 16.6. The molecular formula is C19H23ClO. The lowest BCUT2D eigenvalue weighted by atomic mass is 9.98. The first kappa shape index (κ1) is 15.9. The molecule has 0 saturated carbocycles. The Morgan fingerprint density at radius 2 is 1.67 bits per heavy atom. The first-order chi connectivity index (χ1) is 10.1. The third-order valence-electron chi connectivity index (χ3n) is 3.41. The molecule has 0 N–H and O–H groups in total. The monoisotopic (exact) mass is 302 g/mol. The summed E-state index contributed by atoms with van der Waals surface area (Å²) in [6.07, 6.45) is 1.10. The summed E-state index contributed by atoms with van der Waals surface area (Å²) < 4.78 is 5.67. The van der Waals surface area contributed by atoms with Crippen LogP contribution in [0.1, 0.15) is 42.8 Å². The number of hydrogen-bond acceptors (Lipinski definition) is 1. The van der Waals surface area contributed by atoms with Gasteiger partial charge >= 0.3 is 0 Å². The molecule has 112 valence electrons. The normalized spacial score (nSPS) is 12.4. The molecule has 2 aromatic carbocycles. The molecule has 0 spiro atoms. The highest BCUT2D eigenvalue weighted by molar-refractivity contribution is 6.22. The highest BCUT2D eigenvalue weighted by atomic mass is 35.5. The van der Waals surface area contributed by atoms with Gasteiger partial charge < -0.3 is 4.74 Å². The van der Waals surface area contributed by atoms with E-state index in [0.29, 0.717) is 12.5 Å². The summed E-state index contributed by atoms with van der Waals surface area (Å²) in [7, 11) is 0. The van der Waals surface area contributed by atoms with Gasteiger partial charge in [-0.05, 0) is 36.5 Å². The Bertz CT molecular complexity index is 560. The van der Waals surface area contributed by atoms with Crippen molar-refractivity contribution in [2.45, 2.75) is 32.6 Å². The molecule has 2 aromatic rings. The molecule has 0 aromatic heterocycles. The molecule has 0 amide bonds. The lowest BCUT2D eigenvalue weighted by Crippen LogP contribution is -2.00. The van der Waals surface area contributed by atoms with E-state index < -0.39 is 0 Å². The Labute approximate surface area is 132 Å². The van der Waals surface area contributed by atoms with Gasteiger partial charge in [-0.25, -0.2) is 0 Å². The minimum Gasteiger partial charge on any atom is -0.494 e. The standard InChI is InChI=1S/C19H23ClO/c1-4-21-18-8-6-5-7-17(18)19(20)16-11-9-15(10-12-16)13-14(2)3/h5-12,14,19H,4,13H2,1-3H3. The lowest BCUT2D eigenvalue weighted by Gasteiger charge is -2.16. The van der Waals surface area contributed by atoms with Crippen molar-refractivity contribution in [3.05, 3.63) is 65.2 Å². The summed E-state index contributed by atoms with van der Waals surface area (Å²) in [5, 5.41) is -0.180. The van der Waals surface area contributed by atoms with Crippen molar-refractivity contribution in [1.29, 1.82) is 0 Å². The van der Waals surface area contributed by atoms with Gasteiger partial charge in [0.05, 0.1) is 12.0 Å². The third-order valence-corrected chi connectivity index (χ3v) is 3.90. The van der Waals surface area contributed by atoms with Crippen LogP contribution in [-0.2, 0) is 6.42 Å². The molecule has 0 heterocycles. The van der Waals surface area contributed by atoms with E-state index in [1.807, 2.05) is 31.2 Å². The molecule has 1 nitrogen and oxygen atoms in total. The largest absolute Gasteiger partial charge is 0.494 e. The van der Waals surface area contributed by atoms with Gasteiger partial charge in [0, 0.05) is 5.56 Å². The van der Waals surface area contributed by atoms with Crippen LogP contribution in [-0.4, -0.2) is 6.61 Å². The summed E-state index contributed by atoms with van der Waals surface area (Å²) in [5.41, 5.74) is 3.49. The lowest BCUT2D eigenvalue weighted by molar-refractivity contribution is 0.337.